The van der Waals surface area contributed by atoms with Crippen molar-refractivity contribution in [3.05, 3.63) is 69.2 Å². The lowest BCUT2D eigenvalue weighted by Crippen LogP contribution is -2.33. The van der Waals surface area contributed by atoms with Crippen LogP contribution >= 0.6 is 15.9 Å². The molecule has 0 aliphatic rings. The van der Waals surface area contributed by atoms with Gasteiger partial charge in [0.2, 0.25) is 5.91 Å². The molecule has 0 bridgehead atoms. The summed E-state index contributed by atoms with van der Waals surface area (Å²) < 4.78 is 42.2. The van der Waals surface area contributed by atoms with E-state index in [2.05, 4.69) is 31.0 Å². The van der Waals surface area contributed by atoms with Crippen molar-refractivity contribution in [3.63, 3.8) is 0 Å². The summed E-state index contributed by atoms with van der Waals surface area (Å²) in [6.45, 7) is 0.0757. The zero-order valence-electron chi connectivity index (χ0n) is 14.9. The maximum absolute atomic E-state index is 12.5. The third-order valence-electron chi connectivity index (χ3n) is 3.99. The Morgan fingerprint density at radius 2 is 1.90 bits per heavy atom. The van der Waals surface area contributed by atoms with Gasteiger partial charge in [0.25, 0.3) is 5.56 Å². The van der Waals surface area contributed by atoms with E-state index < -0.39 is 6.36 Å². The predicted molar refractivity (Wildman–Crippen MR) is 104 cm³/mol. The van der Waals surface area contributed by atoms with E-state index in [-0.39, 0.29) is 30.3 Å². The Bertz CT molecular complexity index is 1080. The van der Waals surface area contributed by atoms with Gasteiger partial charge in [-0.2, -0.15) is 0 Å². The number of hydrogen-bond acceptors (Lipinski definition) is 4. The predicted octanol–water partition coefficient (Wildman–Crippen LogP) is 3.42. The molecule has 0 unspecified atom stereocenters. The molecule has 0 aliphatic carbocycles. The molecule has 29 heavy (non-hydrogen) atoms. The number of hydrogen-bond donors (Lipinski definition) is 1. The maximum Gasteiger partial charge on any atom is 0.573 e. The molecule has 1 heterocycles. The van der Waals surface area contributed by atoms with Gasteiger partial charge in [0, 0.05) is 11.0 Å². The van der Waals surface area contributed by atoms with Crippen LogP contribution in [0.2, 0.25) is 0 Å². The first kappa shape index (κ1) is 20.8. The third-order valence-corrected chi connectivity index (χ3v) is 4.49. The van der Waals surface area contributed by atoms with E-state index >= 15 is 0 Å². The fraction of sp³-hybridized carbons (Fsp3) is 0.211. The summed E-state index contributed by atoms with van der Waals surface area (Å²) in [5, 5.41) is 3.07. The van der Waals surface area contributed by atoms with E-state index in [0.29, 0.717) is 17.3 Å². The number of aromatic nitrogens is 2. The second kappa shape index (κ2) is 8.64. The van der Waals surface area contributed by atoms with E-state index in [1.807, 2.05) is 0 Å². The van der Waals surface area contributed by atoms with Gasteiger partial charge in [-0.1, -0.05) is 28.1 Å². The number of amides is 1. The SMILES string of the molecule is O=C(Cn1cnc2ccc(Br)cc2c1=O)NCCc1ccc(OC(F)(F)F)cc1. The van der Waals surface area contributed by atoms with Crippen LogP contribution in [0.25, 0.3) is 10.9 Å². The van der Waals surface area contributed by atoms with Gasteiger partial charge in [-0.3, -0.25) is 14.2 Å². The lowest BCUT2D eigenvalue weighted by Gasteiger charge is -2.10. The van der Waals surface area contributed by atoms with Crippen LogP contribution in [0.4, 0.5) is 13.2 Å². The Balaban J connectivity index is 1.55. The fourth-order valence-corrected chi connectivity index (χ4v) is 3.02. The molecule has 152 valence electrons. The zero-order chi connectivity index (χ0) is 21.0. The van der Waals surface area contributed by atoms with Crippen LogP contribution in [0.15, 0.2) is 58.1 Å². The van der Waals surface area contributed by atoms with Gasteiger partial charge in [0.15, 0.2) is 0 Å². The summed E-state index contributed by atoms with van der Waals surface area (Å²) >= 11 is 3.30. The van der Waals surface area contributed by atoms with Crippen LogP contribution in [0.3, 0.4) is 0 Å². The van der Waals surface area contributed by atoms with Crippen molar-refractivity contribution in [2.75, 3.05) is 6.54 Å². The highest BCUT2D eigenvalue weighted by molar-refractivity contribution is 9.10. The van der Waals surface area contributed by atoms with Crippen LogP contribution in [-0.2, 0) is 17.8 Å². The van der Waals surface area contributed by atoms with Crippen LogP contribution < -0.4 is 15.6 Å². The Morgan fingerprint density at radius 1 is 1.17 bits per heavy atom. The molecule has 0 atom stereocenters. The molecule has 1 N–H and O–H groups in total. The highest BCUT2D eigenvalue weighted by Crippen LogP contribution is 2.22. The number of nitrogens with one attached hydrogen (secondary N) is 1. The second-order valence-corrected chi connectivity index (χ2v) is 7.05. The molecule has 2 aromatic carbocycles. The number of halogens is 4. The average molecular weight is 470 g/mol. The summed E-state index contributed by atoms with van der Waals surface area (Å²) in [6.07, 6.45) is -3.01. The van der Waals surface area contributed by atoms with Gasteiger partial charge in [0.1, 0.15) is 12.3 Å². The molecular weight excluding hydrogens is 455 g/mol. The van der Waals surface area contributed by atoms with Crippen LogP contribution in [0.5, 0.6) is 5.75 Å². The van der Waals surface area contributed by atoms with E-state index in [0.717, 1.165) is 10.0 Å². The van der Waals surface area contributed by atoms with Gasteiger partial charge in [-0.15, -0.1) is 13.2 Å². The standard InChI is InChI=1S/C19H15BrF3N3O3/c20-13-3-6-16-15(9-13)18(28)26(11-25-16)10-17(27)24-8-7-12-1-4-14(5-2-12)29-19(21,22)23/h1-6,9,11H,7-8,10H2,(H,24,27). The molecule has 6 nitrogen and oxygen atoms in total. The number of carbonyl (C=O) groups excluding carboxylic acids is 1. The molecule has 1 aromatic heterocycles. The highest BCUT2D eigenvalue weighted by atomic mass is 79.9. The molecule has 0 fully saturated rings. The highest BCUT2D eigenvalue weighted by Gasteiger charge is 2.30. The van der Waals surface area contributed by atoms with Crippen molar-refractivity contribution < 1.29 is 22.7 Å². The van der Waals surface area contributed by atoms with E-state index in [1.54, 1.807) is 18.2 Å². The van der Waals surface area contributed by atoms with Gasteiger partial charge < -0.3 is 10.1 Å². The molecule has 3 aromatic rings. The number of benzene rings is 2. The Labute approximate surface area is 171 Å². The van der Waals surface area contributed by atoms with Crippen molar-refractivity contribution in [1.29, 1.82) is 0 Å². The van der Waals surface area contributed by atoms with E-state index in [4.69, 9.17) is 0 Å². The quantitative estimate of drug-likeness (QED) is 0.600. The first-order valence-electron chi connectivity index (χ1n) is 8.47. The number of rotatable bonds is 6. The Hall–Kier alpha value is -2.88. The third kappa shape index (κ3) is 5.80. The van der Waals surface area contributed by atoms with Crippen LogP contribution in [0, 0.1) is 0 Å². The van der Waals surface area contributed by atoms with Crippen molar-refractivity contribution in [3.8, 4) is 5.75 Å². The number of carbonyl (C=O) groups is 1. The average Bonchev–Trinajstić information content (AvgIpc) is 2.65. The van der Waals surface area contributed by atoms with Gasteiger partial charge in [0.05, 0.1) is 17.2 Å². The smallest absolute Gasteiger partial charge is 0.406 e. The molecule has 0 radical (unpaired) electrons. The normalized spacial score (nSPS) is 11.4. The Kier molecular flexibility index (Phi) is 6.21. The topological polar surface area (TPSA) is 73.2 Å². The number of nitrogens with zero attached hydrogens (tertiary/aromatic N) is 2. The van der Waals surface area contributed by atoms with E-state index in [9.17, 15) is 22.8 Å². The first-order valence-corrected chi connectivity index (χ1v) is 9.27. The van der Waals surface area contributed by atoms with Crippen molar-refractivity contribution in [2.45, 2.75) is 19.3 Å². The monoisotopic (exact) mass is 469 g/mol. The van der Waals surface area contributed by atoms with Gasteiger partial charge in [-0.05, 0) is 42.3 Å². The lowest BCUT2D eigenvalue weighted by atomic mass is 10.1. The first-order chi connectivity index (χ1) is 13.7. The summed E-state index contributed by atoms with van der Waals surface area (Å²) in [5.41, 5.74) is 0.939. The zero-order valence-corrected chi connectivity index (χ0v) is 16.5. The molecule has 0 aliphatic heterocycles. The number of fused-ring (bicyclic) bond motifs is 1. The summed E-state index contributed by atoms with van der Waals surface area (Å²) in [4.78, 5) is 28.8. The minimum atomic E-state index is -4.73. The van der Waals surface area contributed by atoms with Gasteiger partial charge >= 0.3 is 6.36 Å². The molecule has 0 saturated heterocycles. The molecular formula is C19H15BrF3N3O3. The van der Waals surface area contributed by atoms with E-state index in [1.165, 1.54) is 35.2 Å². The minimum Gasteiger partial charge on any atom is -0.406 e. The van der Waals surface area contributed by atoms with Crippen molar-refractivity contribution >= 4 is 32.7 Å². The molecule has 1 amide bonds. The summed E-state index contributed by atoms with van der Waals surface area (Å²) in [5.74, 6) is -0.680. The maximum atomic E-state index is 12.5. The number of ether oxygens (including phenoxy) is 1. The molecule has 0 saturated carbocycles. The lowest BCUT2D eigenvalue weighted by molar-refractivity contribution is -0.274. The summed E-state index contributed by atoms with van der Waals surface area (Å²) in [6, 6.07) is 10.5. The largest absolute Gasteiger partial charge is 0.573 e. The second-order valence-electron chi connectivity index (χ2n) is 6.13. The van der Waals surface area contributed by atoms with Crippen molar-refractivity contribution in [1.82, 2.24) is 14.9 Å². The molecule has 0 spiro atoms. The number of alkyl halides is 3. The van der Waals surface area contributed by atoms with Crippen LogP contribution in [0.1, 0.15) is 5.56 Å². The van der Waals surface area contributed by atoms with Crippen molar-refractivity contribution in [2.24, 2.45) is 0 Å². The Morgan fingerprint density at radius 3 is 2.59 bits per heavy atom. The van der Waals surface area contributed by atoms with Gasteiger partial charge in [-0.25, -0.2) is 4.98 Å². The van der Waals surface area contributed by atoms with Crippen LogP contribution in [-0.4, -0.2) is 28.4 Å². The fourth-order valence-electron chi connectivity index (χ4n) is 2.66. The molecule has 3 rings (SSSR count). The minimum absolute atomic E-state index is 0.188. The molecule has 10 heteroatoms. The summed E-state index contributed by atoms with van der Waals surface area (Å²) in [7, 11) is 0.